The van der Waals surface area contributed by atoms with Gasteiger partial charge in [-0.15, -0.1) is 0 Å². The summed E-state index contributed by atoms with van der Waals surface area (Å²) in [5, 5.41) is 0. The van der Waals surface area contributed by atoms with Crippen LogP contribution in [0, 0.1) is 29.6 Å². The molecule has 3 aliphatic rings. The fraction of sp³-hybridized carbons (Fsp3) is 0.947. The Hall–Kier alpha value is -0.330. The van der Waals surface area contributed by atoms with Crippen LogP contribution in [0.1, 0.15) is 84.0 Å². The Morgan fingerprint density at radius 3 is 2.15 bits per heavy atom. The quantitative estimate of drug-likeness (QED) is 0.676. The molecule has 0 saturated heterocycles. The van der Waals surface area contributed by atoms with Crippen LogP contribution in [0.3, 0.4) is 0 Å². The molecule has 0 spiro atoms. The number of carbonyl (C=O) groups is 1. The normalized spacial score (nSPS) is 42.0. The zero-order valence-corrected chi connectivity index (χ0v) is 13.3. The third kappa shape index (κ3) is 3.12. The van der Waals surface area contributed by atoms with Crippen LogP contribution in [0.25, 0.3) is 0 Å². The van der Waals surface area contributed by atoms with Gasteiger partial charge in [0.1, 0.15) is 5.78 Å². The molecule has 0 amide bonds. The van der Waals surface area contributed by atoms with Gasteiger partial charge >= 0.3 is 0 Å². The highest BCUT2D eigenvalue weighted by atomic mass is 16.1. The molecule has 0 aromatic rings. The molecule has 3 saturated carbocycles. The number of ketones is 1. The Morgan fingerprint density at radius 1 is 0.800 bits per heavy atom. The average Bonchev–Trinajstić information content (AvgIpc) is 2.54. The first kappa shape index (κ1) is 14.6. The SMILES string of the molecule is CCC1CCC(C(=O)C2CCC3CCCCC3C2)CC1. The standard InChI is InChI=1S/C19H32O/c1-2-14-7-9-16(10-8-14)19(20)18-12-11-15-5-3-4-6-17(15)13-18/h14-18H,2-13H2,1H3. The van der Waals surface area contributed by atoms with Crippen molar-refractivity contribution in [1.82, 2.24) is 0 Å². The van der Waals surface area contributed by atoms with Crippen molar-refractivity contribution in [3.63, 3.8) is 0 Å². The first-order chi connectivity index (χ1) is 9.78. The van der Waals surface area contributed by atoms with Gasteiger partial charge in [-0.3, -0.25) is 4.79 Å². The van der Waals surface area contributed by atoms with Gasteiger partial charge < -0.3 is 0 Å². The molecule has 3 fully saturated rings. The first-order valence-corrected chi connectivity index (χ1v) is 9.31. The zero-order chi connectivity index (χ0) is 13.9. The molecule has 3 rings (SSSR count). The fourth-order valence-electron chi connectivity index (χ4n) is 5.32. The summed E-state index contributed by atoms with van der Waals surface area (Å²) in [5.74, 6) is 4.33. The van der Waals surface area contributed by atoms with Crippen LogP contribution in [0.4, 0.5) is 0 Å². The highest BCUT2D eigenvalue weighted by molar-refractivity contribution is 5.83. The number of carbonyl (C=O) groups excluding carboxylic acids is 1. The molecule has 3 aliphatic carbocycles. The molecule has 0 aromatic carbocycles. The molecular formula is C19H32O. The number of hydrogen-bond donors (Lipinski definition) is 0. The number of Topliss-reactive ketones (excluding diaryl/α,β-unsaturated/α-hetero) is 1. The van der Waals surface area contributed by atoms with Crippen molar-refractivity contribution < 1.29 is 4.79 Å². The predicted molar refractivity (Wildman–Crippen MR) is 83.5 cm³/mol. The number of hydrogen-bond acceptors (Lipinski definition) is 1. The van der Waals surface area contributed by atoms with Gasteiger partial charge in [0.2, 0.25) is 0 Å². The minimum Gasteiger partial charge on any atom is -0.299 e. The van der Waals surface area contributed by atoms with Crippen LogP contribution < -0.4 is 0 Å². The van der Waals surface area contributed by atoms with Crippen molar-refractivity contribution >= 4 is 5.78 Å². The molecular weight excluding hydrogens is 244 g/mol. The monoisotopic (exact) mass is 276 g/mol. The van der Waals surface area contributed by atoms with Crippen molar-refractivity contribution in [1.29, 1.82) is 0 Å². The van der Waals surface area contributed by atoms with Crippen LogP contribution in [-0.4, -0.2) is 5.78 Å². The molecule has 1 nitrogen and oxygen atoms in total. The van der Waals surface area contributed by atoms with E-state index in [4.69, 9.17) is 0 Å². The lowest BCUT2D eigenvalue weighted by molar-refractivity contribution is -0.130. The molecule has 1 heteroatoms. The molecule has 0 aromatic heterocycles. The van der Waals surface area contributed by atoms with Gasteiger partial charge in [0.25, 0.3) is 0 Å². The Morgan fingerprint density at radius 2 is 1.45 bits per heavy atom. The summed E-state index contributed by atoms with van der Waals surface area (Å²) in [6.45, 7) is 2.30. The minimum atomic E-state index is 0.433. The summed E-state index contributed by atoms with van der Waals surface area (Å²) in [6.07, 6.45) is 15.9. The Labute approximate surface area is 124 Å². The van der Waals surface area contributed by atoms with E-state index in [-0.39, 0.29) is 0 Å². The van der Waals surface area contributed by atoms with Gasteiger partial charge in [-0.2, -0.15) is 0 Å². The maximum Gasteiger partial charge on any atom is 0.139 e. The van der Waals surface area contributed by atoms with E-state index in [9.17, 15) is 4.79 Å². The fourth-order valence-corrected chi connectivity index (χ4v) is 5.32. The molecule has 114 valence electrons. The third-order valence-corrected chi connectivity index (χ3v) is 6.77. The van der Waals surface area contributed by atoms with E-state index in [1.165, 1.54) is 77.0 Å². The Bertz CT molecular complexity index is 327. The van der Waals surface area contributed by atoms with E-state index in [0.717, 1.165) is 17.8 Å². The molecule has 0 heterocycles. The van der Waals surface area contributed by atoms with Gasteiger partial charge in [-0.25, -0.2) is 0 Å². The Kier molecular flexibility index (Phi) is 4.83. The molecule has 0 radical (unpaired) electrons. The summed E-state index contributed by atoms with van der Waals surface area (Å²) < 4.78 is 0. The van der Waals surface area contributed by atoms with E-state index in [2.05, 4.69) is 6.92 Å². The lowest BCUT2D eigenvalue weighted by Gasteiger charge is -2.40. The van der Waals surface area contributed by atoms with Gasteiger partial charge in [0.05, 0.1) is 0 Å². The number of rotatable bonds is 3. The maximum atomic E-state index is 12.8. The molecule has 3 unspecified atom stereocenters. The smallest absolute Gasteiger partial charge is 0.139 e. The van der Waals surface area contributed by atoms with Gasteiger partial charge in [-0.1, -0.05) is 39.0 Å². The average molecular weight is 276 g/mol. The molecule has 3 atom stereocenters. The summed E-state index contributed by atoms with van der Waals surface area (Å²) >= 11 is 0. The molecule has 0 N–H and O–H groups in total. The minimum absolute atomic E-state index is 0.433. The highest BCUT2D eigenvalue weighted by Gasteiger charge is 2.37. The van der Waals surface area contributed by atoms with Crippen LogP contribution in [-0.2, 0) is 4.79 Å². The van der Waals surface area contributed by atoms with Crippen LogP contribution in [0.5, 0.6) is 0 Å². The second-order valence-corrected chi connectivity index (χ2v) is 7.84. The van der Waals surface area contributed by atoms with Gasteiger partial charge in [-0.05, 0) is 62.7 Å². The number of fused-ring (bicyclic) bond motifs is 1. The first-order valence-electron chi connectivity index (χ1n) is 9.31. The van der Waals surface area contributed by atoms with Crippen molar-refractivity contribution in [2.75, 3.05) is 0 Å². The van der Waals surface area contributed by atoms with Crippen molar-refractivity contribution in [2.45, 2.75) is 84.0 Å². The van der Waals surface area contributed by atoms with E-state index >= 15 is 0 Å². The lowest BCUT2D eigenvalue weighted by atomic mass is 9.64. The van der Waals surface area contributed by atoms with E-state index < -0.39 is 0 Å². The summed E-state index contributed by atoms with van der Waals surface area (Å²) in [6, 6.07) is 0. The van der Waals surface area contributed by atoms with Crippen LogP contribution in [0.2, 0.25) is 0 Å². The Balaban J connectivity index is 1.52. The predicted octanol–water partition coefficient (Wildman–Crippen LogP) is 5.38. The third-order valence-electron chi connectivity index (χ3n) is 6.77. The van der Waals surface area contributed by atoms with E-state index in [0.29, 0.717) is 17.6 Å². The maximum absolute atomic E-state index is 12.8. The summed E-state index contributed by atoms with van der Waals surface area (Å²) in [4.78, 5) is 12.8. The second-order valence-electron chi connectivity index (χ2n) is 7.84. The topological polar surface area (TPSA) is 17.1 Å². The van der Waals surface area contributed by atoms with Crippen LogP contribution >= 0.6 is 0 Å². The van der Waals surface area contributed by atoms with Crippen molar-refractivity contribution in [2.24, 2.45) is 29.6 Å². The zero-order valence-electron chi connectivity index (χ0n) is 13.3. The van der Waals surface area contributed by atoms with Crippen molar-refractivity contribution in [3.05, 3.63) is 0 Å². The van der Waals surface area contributed by atoms with Crippen LogP contribution in [0.15, 0.2) is 0 Å². The highest BCUT2D eigenvalue weighted by Crippen LogP contribution is 2.44. The molecule has 0 aliphatic heterocycles. The van der Waals surface area contributed by atoms with Gasteiger partial charge in [0.15, 0.2) is 0 Å². The van der Waals surface area contributed by atoms with E-state index in [1.807, 2.05) is 0 Å². The lowest BCUT2D eigenvalue weighted by Crippen LogP contribution is -2.35. The molecule has 20 heavy (non-hydrogen) atoms. The summed E-state index contributed by atoms with van der Waals surface area (Å²) in [5.41, 5.74) is 0. The largest absolute Gasteiger partial charge is 0.299 e. The molecule has 0 bridgehead atoms. The summed E-state index contributed by atoms with van der Waals surface area (Å²) in [7, 11) is 0. The van der Waals surface area contributed by atoms with E-state index in [1.54, 1.807) is 0 Å². The van der Waals surface area contributed by atoms with Gasteiger partial charge in [0, 0.05) is 11.8 Å². The second kappa shape index (κ2) is 6.62. The van der Waals surface area contributed by atoms with Crippen molar-refractivity contribution in [3.8, 4) is 0 Å².